The molecule has 4 N–H and O–H groups in total. The monoisotopic (exact) mass is 259 g/mol. The van der Waals surface area contributed by atoms with Gasteiger partial charge in [-0.05, 0) is 26.3 Å². The van der Waals surface area contributed by atoms with E-state index in [1.54, 1.807) is 0 Å². The minimum Gasteiger partial charge on any atom is -0.397 e. The number of benzene rings is 1. The molecule has 1 aromatic carbocycles. The molecular formula is C12H19ClFN3. The maximum absolute atomic E-state index is 14.1. The van der Waals surface area contributed by atoms with Gasteiger partial charge in [0, 0.05) is 12.6 Å². The predicted molar refractivity (Wildman–Crippen MR) is 73.0 cm³/mol. The largest absolute Gasteiger partial charge is 0.397 e. The van der Waals surface area contributed by atoms with Crippen LogP contribution in [-0.2, 0) is 0 Å². The Morgan fingerprint density at radius 2 is 1.94 bits per heavy atom. The fourth-order valence-corrected chi connectivity index (χ4v) is 1.96. The van der Waals surface area contributed by atoms with Crippen molar-refractivity contribution in [1.82, 2.24) is 0 Å². The summed E-state index contributed by atoms with van der Waals surface area (Å²) in [5, 5.41) is -0.0593. The molecule has 0 aromatic heterocycles. The predicted octanol–water partition coefficient (Wildman–Crippen LogP) is 3.27. The zero-order valence-corrected chi connectivity index (χ0v) is 11.2. The summed E-state index contributed by atoms with van der Waals surface area (Å²) in [5.41, 5.74) is 12.3. The normalized spacial score (nSPS) is 10.9. The quantitative estimate of drug-likeness (QED) is 0.816. The molecule has 0 saturated heterocycles. The Morgan fingerprint density at radius 1 is 1.35 bits per heavy atom. The number of hydrogen-bond donors (Lipinski definition) is 2. The van der Waals surface area contributed by atoms with E-state index in [0.29, 0.717) is 11.4 Å². The molecule has 0 aliphatic carbocycles. The molecule has 0 heterocycles. The number of nitrogens with zero attached hydrogens (tertiary/aromatic N) is 1. The van der Waals surface area contributed by atoms with Crippen LogP contribution in [0.1, 0.15) is 27.2 Å². The third kappa shape index (κ3) is 2.75. The van der Waals surface area contributed by atoms with Gasteiger partial charge in [-0.15, -0.1) is 0 Å². The Kier molecular flexibility index (Phi) is 4.46. The van der Waals surface area contributed by atoms with E-state index in [2.05, 4.69) is 0 Å². The summed E-state index contributed by atoms with van der Waals surface area (Å²) >= 11 is 5.82. The molecule has 96 valence electrons. The van der Waals surface area contributed by atoms with Crippen molar-refractivity contribution < 1.29 is 4.39 Å². The number of halogens is 2. The Morgan fingerprint density at radius 3 is 2.41 bits per heavy atom. The van der Waals surface area contributed by atoms with Crippen molar-refractivity contribution in [2.75, 3.05) is 22.9 Å². The minimum atomic E-state index is -0.536. The van der Waals surface area contributed by atoms with E-state index in [1.165, 1.54) is 6.07 Å². The SMILES string of the molecule is CCCN(c1c(N)cc(N)c(Cl)c1F)C(C)C. The number of nitrogen functional groups attached to an aromatic ring is 2. The number of hydrogen-bond acceptors (Lipinski definition) is 3. The van der Waals surface area contributed by atoms with Crippen LogP contribution in [0, 0.1) is 5.82 Å². The van der Waals surface area contributed by atoms with Crippen molar-refractivity contribution in [3.63, 3.8) is 0 Å². The molecule has 0 aliphatic rings. The Balaban J connectivity index is 3.32. The molecule has 1 aromatic rings. The lowest BCUT2D eigenvalue weighted by molar-refractivity contribution is 0.599. The van der Waals surface area contributed by atoms with Crippen LogP contribution in [0.25, 0.3) is 0 Å². The summed E-state index contributed by atoms with van der Waals surface area (Å²) in [5.74, 6) is -0.536. The maximum atomic E-state index is 14.1. The van der Waals surface area contributed by atoms with Crippen LogP contribution in [0.15, 0.2) is 6.07 Å². The highest BCUT2D eigenvalue weighted by Crippen LogP contribution is 2.37. The summed E-state index contributed by atoms with van der Waals surface area (Å²) in [6.07, 6.45) is 0.902. The average Bonchev–Trinajstić information content (AvgIpc) is 2.24. The summed E-state index contributed by atoms with van der Waals surface area (Å²) < 4.78 is 14.1. The fraction of sp³-hybridized carbons (Fsp3) is 0.500. The van der Waals surface area contributed by atoms with Gasteiger partial charge in [0.1, 0.15) is 5.02 Å². The van der Waals surface area contributed by atoms with Crippen molar-refractivity contribution >= 4 is 28.7 Å². The second-order valence-corrected chi connectivity index (χ2v) is 4.70. The summed E-state index contributed by atoms with van der Waals surface area (Å²) in [7, 11) is 0. The highest BCUT2D eigenvalue weighted by atomic mass is 35.5. The smallest absolute Gasteiger partial charge is 0.169 e. The van der Waals surface area contributed by atoms with E-state index in [1.807, 2.05) is 25.7 Å². The maximum Gasteiger partial charge on any atom is 0.169 e. The van der Waals surface area contributed by atoms with E-state index in [9.17, 15) is 4.39 Å². The number of nitrogens with two attached hydrogens (primary N) is 2. The molecule has 0 amide bonds. The van der Waals surface area contributed by atoms with E-state index in [4.69, 9.17) is 23.1 Å². The molecule has 0 unspecified atom stereocenters. The van der Waals surface area contributed by atoms with Gasteiger partial charge in [0.05, 0.1) is 17.1 Å². The molecule has 1 rings (SSSR count). The molecule has 0 spiro atoms. The zero-order valence-electron chi connectivity index (χ0n) is 10.4. The van der Waals surface area contributed by atoms with Crippen molar-refractivity contribution in [2.24, 2.45) is 0 Å². The van der Waals surface area contributed by atoms with E-state index < -0.39 is 5.82 Å². The van der Waals surface area contributed by atoms with Gasteiger partial charge in [-0.2, -0.15) is 0 Å². The van der Waals surface area contributed by atoms with Crippen LogP contribution < -0.4 is 16.4 Å². The van der Waals surface area contributed by atoms with Crippen molar-refractivity contribution in [3.05, 3.63) is 16.9 Å². The molecule has 17 heavy (non-hydrogen) atoms. The topological polar surface area (TPSA) is 55.3 Å². The lowest BCUT2D eigenvalue weighted by Gasteiger charge is -2.30. The third-order valence-electron chi connectivity index (χ3n) is 2.61. The molecule has 0 saturated carbocycles. The summed E-state index contributed by atoms with van der Waals surface area (Å²) in [6, 6.07) is 1.65. The van der Waals surface area contributed by atoms with Crippen molar-refractivity contribution in [2.45, 2.75) is 33.2 Å². The molecule has 0 atom stereocenters. The first-order valence-corrected chi connectivity index (χ1v) is 6.07. The second-order valence-electron chi connectivity index (χ2n) is 4.32. The van der Waals surface area contributed by atoms with Gasteiger partial charge < -0.3 is 16.4 Å². The molecule has 0 bridgehead atoms. The lowest BCUT2D eigenvalue weighted by Crippen LogP contribution is -2.33. The Labute approximate surface area is 107 Å². The number of rotatable bonds is 4. The van der Waals surface area contributed by atoms with Crippen LogP contribution in [0.3, 0.4) is 0 Å². The molecule has 0 aliphatic heterocycles. The van der Waals surface area contributed by atoms with Gasteiger partial charge in [-0.1, -0.05) is 18.5 Å². The highest BCUT2D eigenvalue weighted by Gasteiger charge is 2.21. The van der Waals surface area contributed by atoms with Crippen LogP contribution in [-0.4, -0.2) is 12.6 Å². The first-order valence-electron chi connectivity index (χ1n) is 5.69. The van der Waals surface area contributed by atoms with Crippen LogP contribution in [0.2, 0.25) is 5.02 Å². The van der Waals surface area contributed by atoms with Crippen LogP contribution in [0.5, 0.6) is 0 Å². The third-order valence-corrected chi connectivity index (χ3v) is 3.00. The fourth-order valence-electron chi connectivity index (χ4n) is 1.82. The van der Waals surface area contributed by atoms with E-state index >= 15 is 0 Å². The summed E-state index contributed by atoms with van der Waals surface area (Å²) in [4.78, 5) is 1.90. The molecular weight excluding hydrogens is 241 g/mol. The van der Waals surface area contributed by atoms with Gasteiger partial charge in [0.25, 0.3) is 0 Å². The highest BCUT2D eigenvalue weighted by molar-refractivity contribution is 6.33. The van der Waals surface area contributed by atoms with E-state index in [0.717, 1.165) is 13.0 Å². The second kappa shape index (κ2) is 5.45. The van der Waals surface area contributed by atoms with Gasteiger partial charge in [-0.3, -0.25) is 0 Å². The minimum absolute atomic E-state index is 0.0593. The first kappa shape index (κ1) is 13.9. The van der Waals surface area contributed by atoms with Crippen LogP contribution >= 0.6 is 11.6 Å². The molecule has 5 heteroatoms. The average molecular weight is 260 g/mol. The Bertz CT molecular complexity index is 407. The van der Waals surface area contributed by atoms with Crippen molar-refractivity contribution in [1.29, 1.82) is 0 Å². The van der Waals surface area contributed by atoms with Gasteiger partial charge in [-0.25, -0.2) is 4.39 Å². The molecule has 0 radical (unpaired) electrons. The standard InChI is InChI=1S/C12H19ClFN3/c1-4-5-17(7(2)3)12-9(16)6-8(15)10(13)11(12)14/h6-7H,4-5,15-16H2,1-3H3. The number of anilines is 3. The molecule has 0 fully saturated rings. The van der Waals surface area contributed by atoms with Crippen LogP contribution in [0.4, 0.5) is 21.5 Å². The van der Waals surface area contributed by atoms with Crippen molar-refractivity contribution in [3.8, 4) is 0 Å². The van der Waals surface area contributed by atoms with Gasteiger partial charge in [0.15, 0.2) is 5.82 Å². The lowest BCUT2D eigenvalue weighted by atomic mass is 10.1. The first-order chi connectivity index (χ1) is 7.90. The molecule has 3 nitrogen and oxygen atoms in total. The van der Waals surface area contributed by atoms with Gasteiger partial charge in [0.2, 0.25) is 0 Å². The Hall–Kier alpha value is -1.16. The zero-order chi connectivity index (χ0) is 13.2. The van der Waals surface area contributed by atoms with Gasteiger partial charge >= 0.3 is 0 Å². The van der Waals surface area contributed by atoms with E-state index in [-0.39, 0.29) is 16.8 Å². The summed E-state index contributed by atoms with van der Waals surface area (Å²) in [6.45, 7) is 6.72.